The summed E-state index contributed by atoms with van der Waals surface area (Å²) < 4.78 is 12.2. The molecule has 3 rings (SSSR count). The van der Waals surface area contributed by atoms with Crippen molar-refractivity contribution < 1.29 is 14.3 Å². The highest BCUT2D eigenvalue weighted by atomic mass is 32.2. The molecule has 0 saturated carbocycles. The predicted octanol–water partition coefficient (Wildman–Crippen LogP) is 3.54. The van der Waals surface area contributed by atoms with Crippen LogP contribution in [-0.4, -0.2) is 34.0 Å². The Balaban J connectivity index is 2.06. The highest BCUT2D eigenvalue weighted by Crippen LogP contribution is 2.37. The molecule has 0 N–H and O–H groups in total. The third-order valence-electron chi connectivity index (χ3n) is 4.35. The number of thioether (sulfide) groups is 1. The summed E-state index contributed by atoms with van der Waals surface area (Å²) in [7, 11) is 1.37. The van der Waals surface area contributed by atoms with E-state index in [1.807, 2.05) is 20.8 Å². The molecule has 2 aromatic rings. The fraction of sp³-hybridized carbons (Fsp3) is 0.526. The van der Waals surface area contributed by atoms with E-state index in [1.165, 1.54) is 30.2 Å². The minimum absolute atomic E-state index is 0.0428. The molecule has 0 unspecified atom stereocenters. The number of methoxy groups -OCH3 is 1. The molecule has 1 aliphatic rings. The van der Waals surface area contributed by atoms with Gasteiger partial charge in [0.1, 0.15) is 4.83 Å². The van der Waals surface area contributed by atoms with Crippen molar-refractivity contribution in [1.82, 2.24) is 9.55 Å². The second-order valence-electron chi connectivity index (χ2n) is 7.33. The molecule has 3 heterocycles. The third-order valence-corrected chi connectivity index (χ3v) is 6.43. The number of hydrogen-bond acceptors (Lipinski definition) is 7. The van der Waals surface area contributed by atoms with Crippen LogP contribution in [0, 0.1) is 0 Å². The van der Waals surface area contributed by atoms with E-state index in [4.69, 9.17) is 9.72 Å². The van der Waals surface area contributed by atoms with Gasteiger partial charge >= 0.3 is 5.97 Å². The maximum atomic E-state index is 13.3. The van der Waals surface area contributed by atoms with Crippen molar-refractivity contribution in [3.8, 4) is 0 Å². The number of rotatable bonds is 6. The Hall–Kier alpha value is -1.64. The number of carbonyl (C=O) groups is 1. The van der Waals surface area contributed by atoms with E-state index in [-0.39, 0.29) is 23.6 Å². The van der Waals surface area contributed by atoms with Gasteiger partial charge < -0.3 is 9.47 Å². The molecule has 27 heavy (non-hydrogen) atoms. The first-order valence-corrected chi connectivity index (χ1v) is 10.5. The van der Waals surface area contributed by atoms with Crippen molar-refractivity contribution in [1.29, 1.82) is 0 Å². The molecule has 0 aromatic carbocycles. The van der Waals surface area contributed by atoms with Crippen molar-refractivity contribution in [2.75, 3.05) is 12.9 Å². The van der Waals surface area contributed by atoms with Crippen LogP contribution in [-0.2, 0) is 33.8 Å². The van der Waals surface area contributed by atoms with Crippen molar-refractivity contribution in [3.63, 3.8) is 0 Å². The Bertz CT molecular complexity index is 959. The van der Waals surface area contributed by atoms with E-state index >= 15 is 0 Å². The minimum Gasteiger partial charge on any atom is -0.469 e. The van der Waals surface area contributed by atoms with E-state index in [9.17, 15) is 9.59 Å². The lowest BCUT2D eigenvalue weighted by Crippen LogP contribution is -2.32. The van der Waals surface area contributed by atoms with Crippen LogP contribution in [0.5, 0.6) is 0 Å². The molecule has 146 valence electrons. The number of esters is 1. The van der Waals surface area contributed by atoms with Gasteiger partial charge in [-0.3, -0.25) is 14.2 Å². The summed E-state index contributed by atoms with van der Waals surface area (Å²) in [4.78, 5) is 31.3. The number of ether oxygens (including phenoxy) is 2. The molecule has 0 fully saturated rings. The Kier molecular flexibility index (Phi) is 5.79. The zero-order chi connectivity index (χ0) is 19.8. The molecule has 1 aliphatic heterocycles. The summed E-state index contributed by atoms with van der Waals surface area (Å²) in [6, 6.07) is 0. The summed E-state index contributed by atoms with van der Waals surface area (Å²) in [5.41, 5.74) is 1.60. The fourth-order valence-corrected chi connectivity index (χ4v) is 5.12. The van der Waals surface area contributed by atoms with Crippen LogP contribution in [0.2, 0.25) is 0 Å². The zero-order valence-electron chi connectivity index (χ0n) is 16.1. The van der Waals surface area contributed by atoms with Crippen LogP contribution in [0.4, 0.5) is 0 Å². The van der Waals surface area contributed by atoms with Crippen LogP contribution < -0.4 is 5.56 Å². The Morgan fingerprint density at radius 3 is 2.89 bits per heavy atom. The second kappa shape index (κ2) is 7.77. The molecule has 0 saturated heterocycles. The predicted molar refractivity (Wildman–Crippen MR) is 109 cm³/mol. The zero-order valence-corrected chi connectivity index (χ0v) is 17.7. The van der Waals surface area contributed by atoms with Gasteiger partial charge in [0.05, 0.1) is 31.1 Å². The first-order chi connectivity index (χ1) is 12.7. The number of fused-ring (bicyclic) bond motifs is 3. The number of carbonyl (C=O) groups excluding carboxylic acids is 1. The third kappa shape index (κ3) is 4.28. The number of thiophene rings is 1. The van der Waals surface area contributed by atoms with E-state index in [1.54, 1.807) is 4.57 Å². The smallest absolute Gasteiger partial charge is 0.306 e. The molecule has 0 amide bonds. The van der Waals surface area contributed by atoms with Gasteiger partial charge in [-0.05, 0) is 26.3 Å². The molecule has 0 atom stereocenters. The first kappa shape index (κ1) is 20.1. The number of hydrogen-bond donors (Lipinski definition) is 0. The van der Waals surface area contributed by atoms with Crippen molar-refractivity contribution in [2.45, 2.75) is 57.5 Å². The van der Waals surface area contributed by atoms with Crippen LogP contribution in [0.3, 0.4) is 0 Å². The fourth-order valence-electron chi connectivity index (χ4n) is 3.05. The molecule has 2 aromatic heterocycles. The molecule has 6 nitrogen and oxygen atoms in total. The van der Waals surface area contributed by atoms with Crippen LogP contribution in [0.1, 0.15) is 37.6 Å². The lowest BCUT2D eigenvalue weighted by molar-refractivity contribution is -0.140. The second-order valence-corrected chi connectivity index (χ2v) is 9.47. The summed E-state index contributed by atoms with van der Waals surface area (Å²) in [6.45, 7) is 10.8. The normalized spacial score (nSPS) is 15.6. The van der Waals surface area contributed by atoms with Gasteiger partial charge in [0.15, 0.2) is 5.16 Å². The SMILES string of the molecule is C=C(C)Cn1c(SCCC(=O)OC)nc2sc3c(c2c1=O)CC(C)(C)OC3. The lowest BCUT2D eigenvalue weighted by Gasteiger charge is -2.29. The van der Waals surface area contributed by atoms with E-state index in [0.29, 0.717) is 35.9 Å². The summed E-state index contributed by atoms with van der Waals surface area (Å²) in [5.74, 6) is 0.227. The van der Waals surface area contributed by atoms with Gasteiger partial charge in [0, 0.05) is 23.6 Å². The molecule has 0 bridgehead atoms. The van der Waals surface area contributed by atoms with E-state index < -0.39 is 0 Å². The number of allylic oxidation sites excluding steroid dienone is 1. The Morgan fingerprint density at radius 1 is 1.48 bits per heavy atom. The maximum Gasteiger partial charge on any atom is 0.306 e. The van der Waals surface area contributed by atoms with Gasteiger partial charge in [-0.2, -0.15) is 0 Å². The quantitative estimate of drug-likeness (QED) is 0.315. The van der Waals surface area contributed by atoms with Crippen molar-refractivity contribution >= 4 is 39.3 Å². The summed E-state index contributed by atoms with van der Waals surface area (Å²) in [6.07, 6.45) is 0.965. The molecule has 8 heteroatoms. The van der Waals surface area contributed by atoms with Gasteiger partial charge in [0.25, 0.3) is 5.56 Å². The Morgan fingerprint density at radius 2 is 2.22 bits per heavy atom. The van der Waals surface area contributed by atoms with Gasteiger partial charge in [-0.25, -0.2) is 4.98 Å². The van der Waals surface area contributed by atoms with Crippen molar-refractivity contribution in [3.05, 3.63) is 32.9 Å². The molecule has 0 aliphatic carbocycles. The average Bonchev–Trinajstić information content (AvgIpc) is 2.94. The molecule has 0 radical (unpaired) electrons. The summed E-state index contributed by atoms with van der Waals surface area (Å²) >= 11 is 2.92. The lowest BCUT2D eigenvalue weighted by atomic mass is 9.94. The van der Waals surface area contributed by atoms with Crippen molar-refractivity contribution in [2.24, 2.45) is 0 Å². The van der Waals surface area contributed by atoms with Gasteiger partial charge in [-0.1, -0.05) is 23.9 Å². The largest absolute Gasteiger partial charge is 0.469 e. The van der Waals surface area contributed by atoms with Crippen LogP contribution in [0.15, 0.2) is 22.1 Å². The minimum atomic E-state index is -0.291. The molecular formula is C19H24N2O4S2. The molecule has 0 spiro atoms. The average molecular weight is 409 g/mol. The monoisotopic (exact) mass is 408 g/mol. The maximum absolute atomic E-state index is 13.3. The van der Waals surface area contributed by atoms with E-state index in [2.05, 4.69) is 11.3 Å². The number of nitrogens with zero attached hydrogens (tertiary/aromatic N) is 2. The highest BCUT2D eigenvalue weighted by molar-refractivity contribution is 7.99. The standard InChI is InChI=1S/C19H24N2O4S2/c1-11(2)9-21-17(23)15-12-8-19(3,4)25-10-13(12)27-16(15)20-18(21)26-7-6-14(22)24-5/h1,6-10H2,2-5H3. The topological polar surface area (TPSA) is 70.4 Å². The van der Waals surface area contributed by atoms with Gasteiger partial charge in [-0.15, -0.1) is 11.3 Å². The highest BCUT2D eigenvalue weighted by Gasteiger charge is 2.31. The van der Waals surface area contributed by atoms with Gasteiger partial charge in [0.2, 0.25) is 0 Å². The molecular weight excluding hydrogens is 384 g/mol. The van der Waals surface area contributed by atoms with Crippen LogP contribution in [0.25, 0.3) is 10.2 Å². The first-order valence-electron chi connectivity index (χ1n) is 8.75. The van der Waals surface area contributed by atoms with E-state index in [0.717, 1.165) is 20.8 Å². The van der Waals surface area contributed by atoms with Crippen LogP contribution >= 0.6 is 23.1 Å². The summed E-state index contributed by atoms with van der Waals surface area (Å²) in [5, 5.41) is 1.31. The Labute approximate surface area is 166 Å². The number of aromatic nitrogens is 2.